The van der Waals surface area contributed by atoms with Crippen molar-refractivity contribution in [3.8, 4) is 0 Å². The third kappa shape index (κ3) is 2.23. The van der Waals surface area contributed by atoms with Crippen molar-refractivity contribution in [2.45, 2.75) is 25.8 Å². The first kappa shape index (κ1) is 11.1. The zero-order valence-corrected chi connectivity index (χ0v) is 9.44. The van der Waals surface area contributed by atoms with Gasteiger partial charge in [0.2, 0.25) is 0 Å². The fourth-order valence-corrected chi connectivity index (χ4v) is 1.97. The Morgan fingerprint density at radius 1 is 1.56 bits per heavy atom. The molecule has 0 aliphatic carbocycles. The van der Waals surface area contributed by atoms with Crippen molar-refractivity contribution >= 4 is 0 Å². The maximum absolute atomic E-state index is 5.63. The minimum atomic E-state index is 0.00833. The number of hydrogen-bond acceptors (Lipinski definition) is 4. The second kappa shape index (κ2) is 5.09. The van der Waals surface area contributed by atoms with Crippen molar-refractivity contribution in [1.82, 2.24) is 10.4 Å². The van der Waals surface area contributed by atoms with Crippen LogP contribution >= 0.6 is 0 Å². The van der Waals surface area contributed by atoms with E-state index in [-0.39, 0.29) is 6.04 Å². The first-order valence-corrected chi connectivity index (χ1v) is 5.50. The quantitative estimate of drug-likeness (QED) is 0.598. The van der Waals surface area contributed by atoms with E-state index in [1.165, 1.54) is 11.1 Å². The van der Waals surface area contributed by atoms with Crippen LogP contribution < -0.4 is 11.3 Å². The van der Waals surface area contributed by atoms with Crippen LogP contribution in [0.2, 0.25) is 0 Å². The topological polar surface area (TPSA) is 60.2 Å². The molecule has 1 unspecified atom stereocenters. The molecule has 1 aromatic rings. The van der Waals surface area contributed by atoms with Crippen molar-refractivity contribution in [3.05, 3.63) is 41.4 Å². The fraction of sp³-hybridized carbons (Fsp3) is 0.417. The van der Waals surface area contributed by atoms with E-state index >= 15 is 0 Å². The molecule has 0 bridgehead atoms. The van der Waals surface area contributed by atoms with Crippen LogP contribution in [-0.2, 0) is 4.74 Å². The Morgan fingerprint density at radius 3 is 3.06 bits per heavy atom. The number of rotatable bonds is 3. The lowest BCUT2D eigenvalue weighted by Gasteiger charge is -2.23. The number of nitrogens with one attached hydrogen (secondary N) is 1. The van der Waals surface area contributed by atoms with E-state index in [0.29, 0.717) is 0 Å². The largest absolute Gasteiger partial charge is 0.501 e. The van der Waals surface area contributed by atoms with Gasteiger partial charge in [0.05, 0.1) is 18.9 Å². The molecular weight excluding hydrogens is 202 g/mol. The van der Waals surface area contributed by atoms with Gasteiger partial charge in [-0.3, -0.25) is 10.8 Å². The molecule has 86 valence electrons. The molecular formula is C12H17N3O. The Bertz CT molecular complexity index is 390. The molecule has 16 heavy (non-hydrogen) atoms. The van der Waals surface area contributed by atoms with Gasteiger partial charge in [0.25, 0.3) is 0 Å². The highest BCUT2D eigenvalue weighted by Crippen LogP contribution is 2.28. The Morgan fingerprint density at radius 2 is 2.44 bits per heavy atom. The van der Waals surface area contributed by atoms with Gasteiger partial charge in [-0.25, -0.2) is 5.43 Å². The first-order valence-electron chi connectivity index (χ1n) is 5.50. The van der Waals surface area contributed by atoms with Crippen LogP contribution in [0, 0.1) is 6.92 Å². The minimum absolute atomic E-state index is 0.00833. The highest BCUT2D eigenvalue weighted by Gasteiger charge is 2.19. The van der Waals surface area contributed by atoms with Gasteiger partial charge in [-0.15, -0.1) is 0 Å². The molecule has 0 fully saturated rings. The van der Waals surface area contributed by atoms with Crippen molar-refractivity contribution < 1.29 is 4.74 Å². The van der Waals surface area contributed by atoms with E-state index in [1.54, 1.807) is 6.20 Å². The first-order chi connectivity index (χ1) is 7.83. The van der Waals surface area contributed by atoms with Gasteiger partial charge in [-0.2, -0.15) is 0 Å². The average molecular weight is 219 g/mol. The lowest BCUT2D eigenvalue weighted by atomic mass is 9.94. The van der Waals surface area contributed by atoms with E-state index in [2.05, 4.69) is 17.3 Å². The summed E-state index contributed by atoms with van der Waals surface area (Å²) in [5.41, 5.74) is 6.32. The van der Waals surface area contributed by atoms with E-state index in [4.69, 9.17) is 10.6 Å². The molecule has 4 heteroatoms. The van der Waals surface area contributed by atoms with Crippen molar-refractivity contribution in [1.29, 1.82) is 0 Å². The van der Waals surface area contributed by atoms with E-state index in [1.807, 2.05) is 18.5 Å². The summed E-state index contributed by atoms with van der Waals surface area (Å²) in [7, 11) is 0. The van der Waals surface area contributed by atoms with Crippen LogP contribution in [0.25, 0.3) is 0 Å². The number of hydrazine groups is 1. The lowest BCUT2D eigenvalue weighted by Crippen LogP contribution is -2.31. The summed E-state index contributed by atoms with van der Waals surface area (Å²) in [6.07, 6.45) is 7.53. The zero-order valence-electron chi connectivity index (χ0n) is 9.44. The Kier molecular flexibility index (Phi) is 3.54. The van der Waals surface area contributed by atoms with E-state index in [0.717, 1.165) is 25.0 Å². The standard InChI is InChI=1S/C12H17N3O/c1-9-4-5-14-7-11(9)12(15-13)10-3-2-6-16-8-10/h4-5,7-8,12,15H,2-3,6,13H2,1H3. The third-order valence-electron chi connectivity index (χ3n) is 2.89. The molecule has 2 rings (SSSR count). The minimum Gasteiger partial charge on any atom is -0.501 e. The molecule has 1 atom stereocenters. The maximum Gasteiger partial charge on any atom is 0.0876 e. The Labute approximate surface area is 95.5 Å². The normalized spacial score (nSPS) is 17.5. The number of hydrogen-bond donors (Lipinski definition) is 2. The molecule has 2 heterocycles. The predicted octanol–water partition coefficient (Wildman–Crippen LogP) is 1.59. The van der Waals surface area contributed by atoms with Gasteiger partial charge < -0.3 is 4.74 Å². The molecule has 4 nitrogen and oxygen atoms in total. The number of pyridine rings is 1. The van der Waals surface area contributed by atoms with Crippen LogP contribution in [-0.4, -0.2) is 11.6 Å². The molecule has 0 saturated carbocycles. The third-order valence-corrected chi connectivity index (χ3v) is 2.89. The van der Waals surface area contributed by atoms with Crippen molar-refractivity contribution in [2.24, 2.45) is 5.84 Å². The SMILES string of the molecule is Cc1ccncc1C(NN)C1=COCCC1. The van der Waals surface area contributed by atoms with Crippen molar-refractivity contribution in [3.63, 3.8) is 0 Å². The molecule has 1 aromatic heterocycles. The Balaban J connectivity index is 2.28. The van der Waals surface area contributed by atoms with Crippen molar-refractivity contribution in [2.75, 3.05) is 6.61 Å². The summed E-state index contributed by atoms with van der Waals surface area (Å²) in [6, 6.07) is 2.00. The summed E-state index contributed by atoms with van der Waals surface area (Å²) in [5.74, 6) is 5.63. The zero-order chi connectivity index (χ0) is 11.4. The number of nitrogens with two attached hydrogens (primary N) is 1. The number of nitrogens with zero attached hydrogens (tertiary/aromatic N) is 1. The second-order valence-electron chi connectivity index (χ2n) is 4.00. The van der Waals surface area contributed by atoms with E-state index < -0.39 is 0 Å². The molecule has 0 amide bonds. The average Bonchev–Trinajstić information content (AvgIpc) is 2.34. The summed E-state index contributed by atoms with van der Waals surface area (Å²) >= 11 is 0. The van der Waals surface area contributed by atoms with Gasteiger partial charge in [-0.05, 0) is 42.5 Å². The molecule has 3 N–H and O–H groups in total. The molecule has 0 spiro atoms. The number of aromatic nitrogens is 1. The smallest absolute Gasteiger partial charge is 0.0876 e. The van der Waals surface area contributed by atoms with Crippen LogP contribution in [0.1, 0.15) is 30.0 Å². The molecule has 0 radical (unpaired) electrons. The van der Waals surface area contributed by atoms with Gasteiger partial charge in [0, 0.05) is 12.4 Å². The lowest BCUT2D eigenvalue weighted by molar-refractivity contribution is 0.219. The van der Waals surface area contributed by atoms with Gasteiger partial charge >= 0.3 is 0 Å². The van der Waals surface area contributed by atoms with Gasteiger partial charge in [0.1, 0.15) is 0 Å². The van der Waals surface area contributed by atoms with Gasteiger partial charge in [-0.1, -0.05) is 0 Å². The van der Waals surface area contributed by atoms with Crippen LogP contribution in [0.3, 0.4) is 0 Å². The second-order valence-corrected chi connectivity index (χ2v) is 4.00. The predicted molar refractivity (Wildman–Crippen MR) is 62.3 cm³/mol. The van der Waals surface area contributed by atoms with Crippen LogP contribution in [0.15, 0.2) is 30.3 Å². The van der Waals surface area contributed by atoms with Gasteiger partial charge in [0.15, 0.2) is 0 Å². The fourth-order valence-electron chi connectivity index (χ4n) is 1.97. The summed E-state index contributed by atoms with van der Waals surface area (Å²) in [5, 5.41) is 0. The maximum atomic E-state index is 5.63. The molecule has 1 aliphatic heterocycles. The molecule has 0 aromatic carbocycles. The number of aryl methyl sites for hydroxylation is 1. The Hall–Kier alpha value is -1.39. The highest BCUT2D eigenvalue weighted by molar-refractivity contribution is 5.31. The monoisotopic (exact) mass is 219 g/mol. The number of ether oxygens (including phenoxy) is 1. The van der Waals surface area contributed by atoms with Crippen LogP contribution in [0.4, 0.5) is 0 Å². The highest BCUT2D eigenvalue weighted by atomic mass is 16.5. The summed E-state index contributed by atoms with van der Waals surface area (Å²) in [6.45, 7) is 2.86. The van der Waals surface area contributed by atoms with Crippen LogP contribution in [0.5, 0.6) is 0 Å². The summed E-state index contributed by atoms with van der Waals surface area (Å²) in [4.78, 5) is 4.15. The summed E-state index contributed by atoms with van der Waals surface area (Å²) < 4.78 is 5.35. The molecule has 1 aliphatic rings. The van der Waals surface area contributed by atoms with E-state index in [9.17, 15) is 0 Å². The molecule has 0 saturated heterocycles.